The molecule has 0 amide bonds. The van der Waals surface area contributed by atoms with Crippen LogP contribution in [-0.2, 0) is 0 Å². The van der Waals surface area contributed by atoms with E-state index in [1.54, 1.807) is 0 Å². The van der Waals surface area contributed by atoms with Crippen molar-refractivity contribution in [1.82, 2.24) is 5.32 Å². The Kier molecular flexibility index (Phi) is 4.19. The number of rotatable bonds is 0. The Morgan fingerprint density at radius 3 is 2.36 bits per heavy atom. The van der Waals surface area contributed by atoms with E-state index < -0.39 is 12.2 Å². The molecule has 1 saturated carbocycles. The van der Waals surface area contributed by atoms with Crippen LogP contribution in [0.15, 0.2) is 0 Å². The Morgan fingerprint density at radius 1 is 1.07 bits per heavy atom. The van der Waals surface area contributed by atoms with Gasteiger partial charge in [0, 0.05) is 13.1 Å². The Balaban J connectivity index is 0.000000980. The van der Waals surface area contributed by atoms with E-state index in [-0.39, 0.29) is 17.8 Å². The molecule has 1 heterocycles. The second kappa shape index (κ2) is 4.79. The fraction of sp³-hybridized carbons (Fsp3) is 1.00. The van der Waals surface area contributed by atoms with Crippen LogP contribution in [0.3, 0.4) is 0 Å². The van der Waals surface area contributed by atoms with E-state index in [0.717, 1.165) is 13.0 Å². The Bertz CT molecular complexity index is 183. The minimum absolute atomic E-state index is 0. The van der Waals surface area contributed by atoms with Gasteiger partial charge in [-0.1, -0.05) is 12.8 Å². The first kappa shape index (κ1) is 12.2. The summed E-state index contributed by atoms with van der Waals surface area (Å²) in [5, 5.41) is 22.4. The van der Waals surface area contributed by atoms with Crippen molar-refractivity contribution in [3.63, 3.8) is 0 Å². The lowest BCUT2D eigenvalue weighted by molar-refractivity contribution is 0.00626. The number of nitrogens with one attached hydrogen (secondary N) is 1. The lowest BCUT2D eigenvalue weighted by Crippen LogP contribution is -2.32. The van der Waals surface area contributed by atoms with E-state index >= 15 is 0 Å². The van der Waals surface area contributed by atoms with E-state index in [2.05, 4.69) is 5.32 Å². The maximum absolute atomic E-state index is 9.69. The molecule has 0 unspecified atom stereocenters. The van der Waals surface area contributed by atoms with Crippen LogP contribution in [0, 0.1) is 5.41 Å². The highest BCUT2D eigenvalue weighted by Crippen LogP contribution is 2.42. The van der Waals surface area contributed by atoms with E-state index in [9.17, 15) is 10.2 Å². The predicted molar refractivity (Wildman–Crippen MR) is 57.6 cm³/mol. The molecule has 4 heteroatoms. The van der Waals surface area contributed by atoms with Gasteiger partial charge in [0.25, 0.3) is 0 Å². The molecule has 2 aliphatic rings. The van der Waals surface area contributed by atoms with Crippen molar-refractivity contribution in [2.24, 2.45) is 5.41 Å². The minimum Gasteiger partial charge on any atom is -0.390 e. The zero-order chi connectivity index (χ0) is 9.31. The maximum Gasteiger partial charge on any atom is 0.0923 e. The molecule has 1 spiro atoms. The van der Waals surface area contributed by atoms with Crippen LogP contribution in [0.25, 0.3) is 0 Å². The number of aliphatic hydroxyl groups is 2. The number of hydrogen-bond acceptors (Lipinski definition) is 3. The van der Waals surface area contributed by atoms with Crippen molar-refractivity contribution in [3.05, 3.63) is 0 Å². The number of hydrogen-bond donors (Lipinski definition) is 3. The van der Waals surface area contributed by atoms with Crippen LogP contribution in [0.5, 0.6) is 0 Å². The first-order valence-electron chi connectivity index (χ1n) is 5.29. The van der Waals surface area contributed by atoms with Gasteiger partial charge in [-0.25, -0.2) is 0 Å². The molecule has 0 radical (unpaired) electrons. The Labute approximate surface area is 91.3 Å². The van der Waals surface area contributed by atoms with Gasteiger partial charge in [-0.15, -0.1) is 12.4 Å². The van der Waals surface area contributed by atoms with Gasteiger partial charge in [0.05, 0.1) is 12.2 Å². The molecule has 3 N–H and O–H groups in total. The van der Waals surface area contributed by atoms with Crippen molar-refractivity contribution in [1.29, 1.82) is 0 Å². The van der Waals surface area contributed by atoms with Gasteiger partial charge in [0.2, 0.25) is 0 Å². The monoisotopic (exact) mass is 221 g/mol. The highest BCUT2D eigenvalue weighted by molar-refractivity contribution is 5.85. The molecular formula is C10H20ClNO2. The zero-order valence-electron chi connectivity index (χ0n) is 8.41. The summed E-state index contributed by atoms with van der Waals surface area (Å²) in [5.41, 5.74) is 0.289. The molecule has 2 fully saturated rings. The third kappa shape index (κ3) is 2.40. The zero-order valence-corrected chi connectivity index (χ0v) is 9.22. The fourth-order valence-electron chi connectivity index (χ4n) is 2.78. The SMILES string of the molecule is Cl.O[C@@H]1CNCC2(CCCC2)C[C@@H]1O. The second-order valence-corrected chi connectivity index (χ2v) is 4.68. The van der Waals surface area contributed by atoms with E-state index in [4.69, 9.17) is 0 Å². The Morgan fingerprint density at radius 2 is 1.71 bits per heavy atom. The first-order valence-corrected chi connectivity index (χ1v) is 5.29. The van der Waals surface area contributed by atoms with Gasteiger partial charge >= 0.3 is 0 Å². The maximum atomic E-state index is 9.69. The molecular weight excluding hydrogens is 202 g/mol. The average Bonchev–Trinajstić information content (AvgIpc) is 2.47. The average molecular weight is 222 g/mol. The van der Waals surface area contributed by atoms with E-state index in [1.165, 1.54) is 25.7 Å². The summed E-state index contributed by atoms with van der Waals surface area (Å²) < 4.78 is 0. The summed E-state index contributed by atoms with van der Waals surface area (Å²) in [6.45, 7) is 1.52. The topological polar surface area (TPSA) is 52.5 Å². The summed E-state index contributed by atoms with van der Waals surface area (Å²) in [7, 11) is 0. The minimum atomic E-state index is -0.569. The molecule has 0 aromatic rings. The van der Waals surface area contributed by atoms with Crippen LogP contribution >= 0.6 is 12.4 Å². The van der Waals surface area contributed by atoms with Crippen molar-refractivity contribution in [2.45, 2.75) is 44.3 Å². The lowest BCUT2D eigenvalue weighted by Gasteiger charge is -2.28. The van der Waals surface area contributed by atoms with Gasteiger partial charge < -0.3 is 15.5 Å². The molecule has 2 rings (SSSR count). The summed E-state index contributed by atoms with van der Waals surface area (Å²) in [6.07, 6.45) is 4.68. The number of halogens is 1. The largest absolute Gasteiger partial charge is 0.390 e. The third-order valence-corrected chi connectivity index (χ3v) is 3.60. The molecule has 0 aromatic carbocycles. The molecule has 1 aliphatic carbocycles. The van der Waals surface area contributed by atoms with Crippen LogP contribution < -0.4 is 5.32 Å². The van der Waals surface area contributed by atoms with Crippen LogP contribution in [0.1, 0.15) is 32.1 Å². The summed E-state index contributed by atoms with van der Waals surface area (Å²) in [5.74, 6) is 0. The smallest absolute Gasteiger partial charge is 0.0923 e. The molecule has 2 atom stereocenters. The normalized spacial score (nSPS) is 36.4. The summed E-state index contributed by atoms with van der Waals surface area (Å²) >= 11 is 0. The van der Waals surface area contributed by atoms with E-state index in [0.29, 0.717) is 6.54 Å². The number of β-amino-alcohol motifs (C(OH)–C–C–N with tert-alkyl or cyclic N) is 1. The van der Waals surface area contributed by atoms with Gasteiger partial charge in [0.1, 0.15) is 0 Å². The van der Waals surface area contributed by atoms with Gasteiger partial charge in [-0.2, -0.15) is 0 Å². The van der Waals surface area contributed by atoms with Gasteiger partial charge in [-0.3, -0.25) is 0 Å². The van der Waals surface area contributed by atoms with Crippen LogP contribution in [-0.4, -0.2) is 35.5 Å². The molecule has 84 valence electrons. The molecule has 0 bridgehead atoms. The fourth-order valence-corrected chi connectivity index (χ4v) is 2.78. The molecule has 0 aromatic heterocycles. The third-order valence-electron chi connectivity index (χ3n) is 3.60. The highest BCUT2D eigenvalue weighted by atomic mass is 35.5. The lowest BCUT2D eigenvalue weighted by atomic mass is 9.81. The van der Waals surface area contributed by atoms with Crippen molar-refractivity contribution in [2.75, 3.05) is 13.1 Å². The standard InChI is InChI=1S/C10H19NO2.ClH/c12-8-5-10(3-1-2-4-10)7-11-6-9(8)13;/h8-9,11-13H,1-7H2;1H/t8-,9+;/m0./s1. The number of aliphatic hydroxyl groups excluding tert-OH is 2. The molecule has 1 aliphatic heterocycles. The Hall–Kier alpha value is 0.170. The summed E-state index contributed by atoms with van der Waals surface area (Å²) in [6, 6.07) is 0. The molecule has 14 heavy (non-hydrogen) atoms. The quantitative estimate of drug-likeness (QED) is 0.564. The van der Waals surface area contributed by atoms with Crippen molar-refractivity contribution >= 4 is 12.4 Å². The molecule has 1 saturated heterocycles. The molecule has 3 nitrogen and oxygen atoms in total. The van der Waals surface area contributed by atoms with Crippen molar-refractivity contribution in [3.8, 4) is 0 Å². The van der Waals surface area contributed by atoms with Gasteiger partial charge in [-0.05, 0) is 24.7 Å². The summed E-state index contributed by atoms with van der Waals surface area (Å²) in [4.78, 5) is 0. The van der Waals surface area contributed by atoms with Crippen molar-refractivity contribution < 1.29 is 10.2 Å². The predicted octanol–water partition coefficient (Wildman–Crippen LogP) is 0.684. The van der Waals surface area contributed by atoms with E-state index in [1.807, 2.05) is 0 Å². The highest BCUT2D eigenvalue weighted by Gasteiger charge is 2.39. The van der Waals surface area contributed by atoms with Gasteiger partial charge in [0.15, 0.2) is 0 Å². The first-order chi connectivity index (χ1) is 6.22. The van der Waals surface area contributed by atoms with Crippen LogP contribution in [0.2, 0.25) is 0 Å². The second-order valence-electron chi connectivity index (χ2n) is 4.68. The van der Waals surface area contributed by atoms with Crippen LogP contribution in [0.4, 0.5) is 0 Å².